The van der Waals surface area contributed by atoms with Crippen molar-refractivity contribution in [2.75, 3.05) is 11.6 Å². The van der Waals surface area contributed by atoms with Crippen LogP contribution in [0.25, 0.3) is 17.0 Å². The van der Waals surface area contributed by atoms with Crippen molar-refractivity contribution in [1.29, 1.82) is 0 Å². The molecule has 1 N–H and O–H groups in total. The summed E-state index contributed by atoms with van der Waals surface area (Å²) in [5, 5.41) is 3.70. The van der Waals surface area contributed by atoms with E-state index in [0.29, 0.717) is 5.69 Å². The Hall–Kier alpha value is -2.99. The van der Waals surface area contributed by atoms with Gasteiger partial charge in [-0.2, -0.15) is 0 Å². The number of amides is 1. The average molecular weight is 352 g/mol. The summed E-state index contributed by atoms with van der Waals surface area (Å²) in [6.45, 7) is 0. The number of hydrogen-bond acceptors (Lipinski definition) is 4. The highest BCUT2D eigenvalue weighted by Crippen LogP contribution is 2.17. The Bertz CT molecular complexity index is 1050. The average Bonchev–Trinajstić information content (AvgIpc) is 2.59. The molecule has 0 aliphatic rings. The molecule has 3 rings (SSSR count). The Morgan fingerprint density at radius 3 is 2.48 bits per heavy atom. The summed E-state index contributed by atoms with van der Waals surface area (Å²) in [6.07, 6.45) is 5.98. The van der Waals surface area contributed by atoms with Crippen molar-refractivity contribution >= 4 is 38.4 Å². The van der Waals surface area contributed by atoms with Crippen LogP contribution in [0.1, 0.15) is 5.56 Å². The number of carbonyl (C=O) groups excluding carboxylic acids is 1. The van der Waals surface area contributed by atoms with Gasteiger partial charge in [0.25, 0.3) is 0 Å². The van der Waals surface area contributed by atoms with Crippen LogP contribution in [-0.4, -0.2) is 25.6 Å². The standard InChI is InChI=1S/C19H16N2O3S/c1-25(23,24)17-10-8-16(9-11-17)21-18(22)12-7-15-5-2-4-14-6-3-13-20-19(14)15/h2-13H,1H3,(H,21,22)/b12-7+. The summed E-state index contributed by atoms with van der Waals surface area (Å²) < 4.78 is 22.9. The Kier molecular flexibility index (Phi) is 4.63. The van der Waals surface area contributed by atoms with Gasteiger partial charge >= 0.3 is 0 Å². The maximum atomic E-state index is 12.1. The molecule has 126 valence electrons. The monoisotopic (exact) mass is 352 g/mol. The zero-order valence-corrected chi connectivity index (χ0v) is 14.3. The predicted molar refractivity (Wildman–Crippen MR) is 99.0 cm³/mol. The topological polar surface area (TPSA) is 76.1 Å². The number of para-hydroxylation sites is 1. The minimum atomic E-state index is -3.25. The number of nitrogens with zero attached hydrogens (tertiary/aromatic N) is 1. The van der Waals surface area contributed by atoms with Crippen LogP contribution < -0.4 is 5.32 Å². The fourth-order valence-electron chi connectivity index (χ4n) is 2.40. The van der Waals surface area contributed by atoms with Crippen molar-refractivity contribution in [3.05, 3.63) is 72.4 Å². The largest absolute Gasteiger partial charge is 0.323 e. The van der Waals surface area contributed by atoms with Crippen LogP contribution in [0.4, 0.5) is 5.69 Å². The zero-order valence-electron chi connectivity index (χ0n) is 13.5. The van der Waals surface area contributed by atoms with Crippen molar-refractivity contribution < 1.29 is 13.2 Å². The van der Waals surface area contributed by atoms with Crippen LogP contribution in [0.3, 0.4) is 0 Å². The van der Waals surface area contributed by atoms with Gasteiger partial charge in [-0.25, -0.2) is 8.42 Å². The summed E-state index contributed by atoms with van der Waals surface area (Å²) in [4.78, 5) is 16.6. The molecule has 0 fully saturated rings. The van der Waals surface area contributed by atoms with Crippen LogP contribution in [0, 0.1) is 0 Å². The van der Waals surface area contributed by atoms with E-state index in [4.69, 9.17) is 0 Å². The minimum absolute atomic E-state index is 0.211. The highest BCUT2D eigenvalue weighted by atomic mass is 32.2. The van der Waals surface area contributed by atoms with Crippen molar-refractivity contribution in [3.63, 3.8) is 0 Å². The van der Waals surface area contributed by atoms with Gasteiger partial charge < -0.3 is 5.32 Å². The zero-order chi connectivity index (χ0) is 17.9. The number of pyridine rings is 1. The van der Waals surface area contributed by atoms with E-state index in [2.05, 4.69) is 10.3 Å². The third-order valence-corrected chi connectivity index (χ3v) is 4.76. The van der Waals surface area contributed by atoms with Gasteiger partial charge in [-0.3, -0.25) is 9.78 Å². The Morgan fingerprint density at radius 2 is 1.76 bits per heavy atom. The molecule has 0 aliphatic heterocycles. The van der Waals surface area contributed by atoms with E-state index in [1.54, 1.807) is 24.4 Å². The lowest BCUT2D eigenvalue weighted by atomic mass is 10.1. The number of carbonyl (C=O) groups is 1. The molecule has 3 aromatic rings. The van der Waals surface area contributed by atoms with E-state index in [9.17, 15) is 13.2 Å². The highest BCUT2D eigenvalue weighted by molar-refractivity contribution is 7.90. The second kappa shape index (κ2) is 6.86. The number of rotatable bonds is 4. The molecule has 0 bridgehead atoms. The summed E-state index contributed by atoms with van der Waals surface area (Å²) in [7, 11) is -3.25. The smallest absolute Gasteiger partial charge is 0.248 e. The third-order valence-electron chi connectivity index (χ3n) is 3.63. The Balaban J connectivity index is 1.75. The summed E-state index contributed by atoms with van der Waals surface area (Å²) >= 11 is 0. The maximum Gasteiger partial charge on any atom is 0.248 e. The van der Waals surface area contributed by atoms with Crippen LogP contribution in [0.2, 0.25) is 0 Å². The molecule has 0 spiro atoms. The lowest BCUT2D eigenvalue weighted by Gasteiger charge is -2.04. The molecular formula is C19H16N2O3S. The summed E-state index contributed by atoms with van der Waals surface area (Å²) in [5.41, 5.74) is 2.20. The van der Waals surface area contributed by atoms with Gasteiger partial charge in [0.1, 0.15) is 0 Å². The molecule has 5 nitrogen and oxygen atoms in total. The fourth-order valence-corrected chi connectivity index (χ4v) is 3.03. The van der Waals surface area contributed by atoms with Crippen molar-refractivity contribution in [2.24, 2.45) is 0 Å². The third kappa shape index (κ3) is 4.10. The first-order valence-corrected chi connectivity index (χ1v) is 9.45. The van der Waals surface area contributed by atoms with E-state index in [1.807, 2.05) is 30.3 Å². The quantitative estimate of drug-likeness (QED) is 0.731. The van der Waals surface area contributed by atoms with Crippen molar-refractivity contribution in [1.82, 2.24) is 4.98 Å². The van der Waals surface area contributed by atoms with Crippen LogP contribution in [0.5, 0.6) is 0 Å². The van der Waals surface area contributed by atoms with Gasteiger partial charge in [-0.1, -0.05) is 24.3 Å². The molecular weight excluding hydrogens is 336 g/mol. The van der Waals surface area contributed by atoms with Crippen LogP contribution in [0.15, 0.2) is 71.8 Å². The van der Waals surface area contributed by atoms with Crippen LogP contribution >= 0.6 is 0 Å². The van der Waals surface area contributed by atoms with Crippen molar-refractivity contribution in [2.45, 2.75) is 4.90 Å². The number of sulfone groups is 1. The van der Waals surface area contributed by atoms with E-state index >= 15 is 0 Å². The predicted octanol–water partition coefficient (Wildman–Crippen LogP) is 3.29. The lowest BCUT2D eigenvalue weighted by molar-refractivity contribution is -0.111. The fraction of sp³-hybridized carbons (Fsp3) is 0.0526. The Morgan fingerprint density at radius 1 is 1.04 bits per heavy atom. The first-order chi connectivity index (χ1) is 11.9. The first-order valence-electron chi connectivity index (χ1n) is 7.56. The molecule has 0 atom stereocenters. The van der Waals surface area contributed by atoms with E-state index in [1.165, 1.54) is 18.2 Å². The van der Waals surface area contributed by atoms with E-state index < -0.39 is 9.84 Å². The molecule has 0 saturated carbocycles. The molecule has 2 aromatic carbocycles. The van der Waals surface area contributed by atoms with Gasteiger partial charge in [-0.05, 0) is 36.4 Å². The Labute approximate surface area is 145 Å². The molecule has 1 amide bonds. The van der Waals surface area contributed by atoms with E-state index in [-0.39, 0.29) is 10.8 Å². The number of fused-ring (bicyclic) bond motifs is 1. The maximum absolute atomic E-state index is 12.1. The first kappa shape index (κ1) is 16.9. The molecule has 0 saturated heterocycles. The molecule has 1 aromatic heterocycles. The molecule has 0 radical (unpaired) electrons. The molecule has 25 heavy (non-hydrogen) atoms. The number of benzene rings is 2. The number of hydrogen-bond donors (Lipinski definition) is 1. The minimum Gasteiger partial charge on any atom is -0.323 e. The van der Waals surface area contributed by atoms with Crippen molar-refractivity contribution in [3.8, 4) is 0 Å². The number of aromatic nitrogens is 1. The SMILES string of the molecule is CS(=O)(=O)c1ccc(NC(=O)/C=C/c2cccc3cccnc23)cc1. The second-order valence-corrected chi connectivity index (χ2v) is 7.56. The van der Waals surface area contributed by atoms with Crippen LogP contribution in [-0.2, 0) is 14.6 Å². The normalized spacial score (nSPS) is 11.7. The number of anilines is 1. The van der Waals surface area contributed by atoms with Gasteiger partial charge in [0, 0.05) is 35.2 Å². The van der Waals surface area contributed by atoms with Gasteiger partial charge in [0.2, 0.25) is 5.91 Å². The summed E-state index contributed by atoms with van der Waals surface area (Å²) in [5.74, 6) is -0.306. The lowest BCUT2D eigenvalue weighted by Crippen LogP contribution is -2.08. The molecule has 0 aliphatic carbocycles. The molecule has 1 heterocycles. The second-order valence-electron chi connectivity index (χ2n) is 5.54. The summed E-state index contributed by atoms with van der Waals surface area (Å²) in [6, 6.07) is 15.6. The molecule has 0 unspecified atom stereocenters. The highest BCUT2D eigenvalue weighted by Gasteiger charge is 2.06. The molecule has 6 heteroatoms. The van der Waals surface area contributed by atoms with Gasteiger partial charge in [0.05, 0.1) is 10.4 Å². The number of nitrogens with one attached hydrogen (secondary N) is 1. The van der Waals surface area contributed by atoms with Gasteiger partial charge in [0.15, 0.2) is 9.84 Å². The van der Waals surface area contributed by atoms with E-state index in [0.717, 1.165) is 22.7 Å². The van der Waals surface area contributed by atoms with Gasteiger partial charge in [-0.15, -0.1) is 0 Å².